The fraction of sp³-hybridized carbons (Fsp3) is 0.385. The molecule has 0 aromatic carbocycles. The standard InChI is InChI=1S/C13H18N4/c1-9(2)12-11(8-14-3)16-13(17-12)10-5-4-6-15-7-10/h4-7,9,14H,8H2,1-3H3,(H,16,17). The number of aromatic amines is 1. The molecule has 17 heavy (non-hydrogen) atoms. The Hall–Kier alpha value is -1.68. The van der Waals surface area contributed by atoms with Crippen molar-refractivity contribution >= 4 is 0 Å². The first kappa shape index (κ1) is 11.8. The molecule has 2 N–H and O–H groups in total. The van der Waals surface area contributed by atoms with Crippen LogP contribution in [-0.4, -0.2) is 22.0 Å². The fourth-order valence-corrected chi connectivity index (χ4v) is 1.85. The predicted molar refractivity (Wildman–Crippen MR) is 68.7 cm³/mol. The number of imidazole rings is 1. The maximum atomic E-state index is 4.66. The van der Waals surface area contributed by atoms with Crippen LogP contribution >= 0.6 is 0 Å². The molecule has 4 nitrogen and oxygen atoms in total. The lowest BCUT2D eigenvalue weighted by Gasteiger charge is -2.03. The molecule has 0 saturated heterocycles. The number of hydrogen-bond donors (Lipinski definition) is 2. The van der Waals surface area contributed by atoms with Gasteiger partial charge in [0.05, 0.1) is 11.4 Å². The molecule has 0 unspecified atom stereocenters. The Morgan fingerprint density at radius 3 is 2.82 bits per heavy atom. The monoisotopic (exact) mass is 230 g/mol. The average Bonchev–Trinajstić information content (AvgIpc) is 2.75. The summed E-state index contributed by atoms with van der Waals surface area (Å²) < 4.78 is 0. The normalized spacial score (nSPS) is 11.1. The van der Waals surface area contributed by atoms with Crippen molar-refractivity contribution in [2.45, 2.75) is 26.3 Å². The molecule has 2 heterocycles. The molecule has 2 rings (SSSR count). The molecular weight excluding hydrogens is 212 g/mol. The summed E-state index contributed by atoms with van der Waals surface area (Å²) in [6.07, 6.45) is 3.59. The average molecular weight is 230 g/mol. The van der Waals surface area contributed by atoms with E-state index in [0.717, 1.165) is 29.3 Å². The predicted octanol–water partition coefficient (Wildman–Crippen LogP) is 2.31. The molecule has 4 heteroatoms. The first-order valence-corrected chi connectivity index (χ1v) is 5.86. The zero-order chi connectivity index (χ0) is 12.3. The Morgan fingerprint density at radius 2 is 2.24 bits per heavy atom. The third-order valence-electron chi connectivity index (χ3n) is 2.65. The van der Waals surface area contributed by atoms with Crippen molar-refractivity contribution in [3.05, 3.63) is 35.9 Å². The van der Waals surface area contributed by atoms with Crippen LogP contribution in [-0.2, 0) is 6.54 Å². The van der Waals surface area contributed by atoms with Crippen LogP contribution in [0.3, 0.4) is 0 Å². The highest BCUT2D eigenvalue weighted by Gasteiger charge is 2.13. The quantitative estimate of drug-likeness (QED) is 0.847. The van der Waals surface area contributed by atoms with Gasteiger partial charge in [0.2, 0.25) is 0 Å². The van der Waals surface area contributed by atoms with E-state index in [-0.39, 0.29) is 0 Å². The molecule has 0 aliphatic rings. The molecule has 0 aliphatic heterocycles. The zero-order valence-electron chi connectivity index (χ0n) is 10.5. The first-order chi connectivity index (χ1) is 8.22. The molecule has 0 bridgehead atoms. The van der Waals surface area contributed by atoms with E-state index >= 15 is 0 Å². The van der Waals surface area contributed by atoms with E-state index in [1.165, 1.54) is 0 Å². The molecule has 0 radical (unpaired) electrons. The second-order valence-corrected chi connectivity index (χ2v) is 4.38. The maximum Gasteiger partial charge on any atom is 0.139 e. The summed E-state index contributed by atoms with van der Waals surface area (Å²) in [5.41, 5.74) is 3.30. The van der Waals surface area contributed by atoms with Crippen LogP contribution in [0.15, 0.2) is 24.5 Å². The van der Waals surface area contributed by atoms with Crippen molar-refractivity contribution in [1.82, 2.24) is 20.3 Å². The van der Waals surface area contributed by atoms with E-state index in [4.69, 9.17) is 0 Å². The molecule has 0 aliphatic carbocycles. The molecule has 0 fully saturated rings. The van der Waals surface area contributed by atoms with Crippen molar-refractivity contribution in [2.24, 2.45) is 0 Å². The van der Waals surface area contributed by atoms with Crippen LogP contribution in [0, 0.1) is 0 Å². The number of pyridine rings is 1. The first-order valence-electron chi connectivity index (χ1n) is 5.86. The van der Waals surface area contributed by atoms with Gasteiger partial charge in [0.25, 0.3) is 0 Å². The minimum Gasteiger partial charge on any atom is -0.340 e. The summed E-state index contributed by atoms with van der Waals surface area (Å²) in [4.78, 5) is 12.1. The lowest BCUT2D eigenvalue weighted by molar-refractivity contribution is 0.750. The van der Waals surface area contributed by atoms with E-state index in [1.807, 2.05) is 25.4 Å². The lowest BCUT2D eigenvalue weighted by Crippen LogP contribution is -2.08. The van der Waals surface area contributed by atoms with Crippen molar-refractivity contribution in [3.8, 4) is 11.4 Å². The van der Waals surface area contributed by atoms with Gasteiger partial charge in [-0.2, -0.15) is 0 Å². The van der Waals surface area contributed by atoms with E-state index in [9.17, 15) is 0 Å². The summed E-state index contributed by atoms with van der Waals surface area (Å²) in [6.45, 7) is 5.12. The Morgan fingerprint density at radius 1 is 1.41 bits per heavy atom. The maximum absolute atomic E-state index is 4.66. The van der Waals surface area contributed by atoms with Crippen LogP contribution < -0.4 is 5.32 Å². The molecule has 90 valence electrons. The largest absolute Gasteiger partial charge is 0.340 e. The summed E-state index contributed by atoms with van der Waals surface area (Å²) >= 11 is 0. The van der Waals surface area contributed by atoms with Crippen molar-refractivity contribution in [3.63, 3.8) is 0 Å². The third-order valence-corrected chi connectivity index (χ3v) is 2.65. The van der Waals surface area contributed by atoms with Gasteiger partial charge in [0.1, 0.15) is 5.82 Å². The number of nitrogens with zero attached hydrogens (tertiary/aromatic N) is 2. The van der Waals surface area contributed by atoms with E-state index in [1.54, 1.807) is 6.20 Å². The summed E-state index contributed by atoms with van der Waals surface area (Å²) in [6, 6.07) is 3.93. The van der Waals surface area contributed by atoms with Gasteiger partial charge >= 0.3 is 0 Å². The molecule has 0 amide bonds. The van der Waals surface area contributed by atoms with Crippen LogP contribution in [0.2, 0.25) is 0 Å². The van der Waals surface area contributed by atoms with Crippen LogP contribution in [0.5, 0.6) is 0 Å². The van der Waals surface area contributed by atoms with Gasteiger partial charge in [-0.15, -0.1) is 0 Å². The second kappa shape index (κ2) is 5.10. The number of H-pyrrole nitrogens is 1. The molecule has 0 atom stereocenters. The molecule has 0 saturated carbocycles. The van der Waals surface area contributed by atoms with Gasteiger partial charge in [0.15, 0.2) is 0 Å². The zero-order valence-corrected chi connectivity index (χ0v) is 10.5. The van der Waals surface area contributed by atoms with E-state index in [2.05, 4.69) is 34.1 Å². The van der Waals surface area contributed by atoms with Crippen molar-refractivity contribution in [1.29, 1.82) is 0 Å². The summed E-state index contributed by atoms with van der Waals surface area (Å²) in [5, 5.41) is 3.16. The molecule has 0 spiro atoms. The summed E-state index contributed by atoms with van der Waals surface area (Å²) in [5.74, 6) is 1.31. The lowest BCUT2D eigenvalue weighted by atomic mass is 10.1. The number of nitrogens with one attached hydrogen (secondary N) is 2. The molecule has 2 aromatic heterocycles. The van der Waals surface area contributed by atoms with Crippen LogP contribution in [0.25, 0.3) is 11.4 Å². The Bertz CT molecular complexity index is 473. The van der Waals surface area contributed by atoms with Gasteiger partial charge in [0, 0.05) is 24.5 Å². The highest BCUT2D eigenvalue weighted by molar-refractivity contribution is 5.54. The third kappa shape index (κ3) is 2.53. The minimum atomic E-state index is 0.417. The topological polar surface area (TPSA) is 53.6 Å². The van der Waals surface area contributed by atoms with Crippen LogP contribution in [0.1, 0.15) is 31.2 Å². The highest BCUT2D eigenvalue weighted by atomic mass is 15.0. The highest BCUT2D eigenvalue weighted by Crippen LogP contribution is 2.22. The smallest absolute Gasteiger partial charge is 0.139 e. The van der Waals surface area contributed by atoms with Gasteiger partial charge in [-0.1, -0.05) is 13.8 Å². The fourth-order valence-electron chi connectivity index (χ4n) is 1.85. The number of aromatic nitrogens is 3. The number of rotatable bonds is 4. The van der Waals surface area contributed by atoms with Gasteiger partial charge in [-0.3, -0.25) is 4.98 Å². The van der Waals surface area contributed by atoms with Gasteiger partial charge in [-0.25, -0.2) is 4.98 Å². The number of hydrogen-bond acceptors (Lipinski definition) is 3. The minimum absolute atomic E-state index is 0.417. The summed E-state index contributed by atoms with van der Waals surface area (Å²) in [7, 11) is 1.94. The van der Waals surface area contributed by atoms with Crippen molar-refractivity contribution in [2.75, 3.05) is 7.05 Å². The molecule has 2 aromatic rings. The molecular formula is C13H18N4. The Balaban J connectivity index is 2.40. The Labute approximate surface area is 102 Å². The SMILES string of the molecule is CNCc1[nH]c(-c2cccnc2)nc1C(C)C. The van der Waals surface area contributed by atoms with Crippen molar-refractivity contribution < 1.29 is 0 Å². The van der Waals surface area contributed by atoms with Gasteiger partial charge < -0.3 is 10.3 Å². The second-order valence-electron chi connectivity index (χ2n) is 4.38. The van der Waals surface area contributed by atoms with E-state index < -0.39 is 0 Å². The van der Waals surface area contributed by atoms with Crippen LogP contribution in [0.4, 0.5) is 0 Å². The Kier molecular flexibility index (Phi) is 3.54. The van der Waals surface area contributed by atoms with E-state index in [0.29, 0.717) is 5.92 Å². The van der Waals surface area contributed by atoms with Gasteiger partial charge in [-0.05, 0) is 25.1 Å².